The van der Waals surface area contributed by atoms with E-state index in [2.05, 4.69) is 18.6 Å². The molecule has 32 heteroatoms. The fourth-order valence-electron chi connectivity index (χ4n) is 9.61. The number of carboxylic acid groups (broad SMARTS) is 2. The molecular weight excluding hydrogens is 1410 g/mol. The van der Waals surface area contributed by atoms with Gasteiger partial charge in [-0.3, -0.25) is 28.7 Å². The Kier molecular flexibility index (Phi) is 24.0. The quantitative estimate of drug-likeness (QED) is 0.0600. The lowest BCUT2D eigenvalue weighted by Gasteiger charge is -2.22. The normalized spacial score (nSPS) is 10.6. The zero-order valence-corrected chi connectivity index (χ0v) is 56.1. The number of carbonyl (C=O) groups excluding carboxylic acids is 2. The lowest BCUT2D eigenvalue weighted by Crippen LogP contribution is -2.36. The third-order valence-electron chi connectivity index (χ3n) is 14.4. The molecular formula is C66H51Cl6N7O19. The molecule has 1 amide bonds. The first-order chi connectivity index (χ1) is 46.3. The van der Waals surface area contributed by atoms with Crippen LogP contribution < -0.4 is 50.1 Å². The van der Waals surface area contributed by atoms with Gasteiger partial charge in [0.05, 0.1) is 81.0 Å². The van der Waals surface area contributed by atoms with Crippen LogP contribution in [0.15, 0.2) is 182 Å². The Morgan fingerprint density at radius 2 is 0.847 bits per heavy atom. The summed E-state index contributed by atoms with van der Waals surface area (Å²) in [5.41, 5.74) is 3.54. The number of amides is 1. The number of pyridine rings is 3. The topological polar surface area (TPSA) is 389 Å². The molecule has 0 saturated carbocycles. The average molecular weight is 1460 g/mol. The molecule has 26 nitrogen and oxygen atoms in total. The molecule has 5 aromatic heterocycles. The van der Waals surface area contributed by atoms with Gasteiger partial charge in [0.25, 0.3) is 22.6 Å². The monoisotopic (exact) mass is 1460 g/mol. The molecule has 506 valence electrons. The van der Waals surface area contributed by atoms with Crippen molar-refractivity contribution in [1.82, 2.24) is 23.3 Å². The van der Waals surface area contributed by atoms with E-state index in [1.165, 1.54) is 57.9 Å². The first kappa shape index (κ1) is 74.3. The summed E-state index contributed by atoms with van der Waals surface area (Å²) in [5.74, 6) is -6.94. The first-order valence-electron chi connectivity index (χ1n) is 27.9. The Balaban J connectivity index is 0.000000169. The fraction of sp³-hybridized carbons (Fsp3) is 0.106. The highest BCUT2D eigenvalue weighted by Crippen LogP contribution is 2.36. The number of rotatable bonds is 6. The van der Waals surface area contributed by atoms with Gasteiger partial charge in [0.2, 0.25) is 0 Å². The molecule has 12 rings (SSSR count). The van der Waals surface area contributed by atoms with Crippen molar-refractivity contribution in [3.8, 4) is 17.2 Å². The smallest absolute Gasteiger partial charge is 0.422 e. The van der Waals surface area contributed by atoms with Crippen LogP contribution in [0.4, 0.5) is 11.4 Å². The molecule has 7 aromatic carbocycles. The van der Waals surface area contributed by atoms with Gasteiger partial charge >= 0.3 is 40.7 Å². The number of aromatic hydroxyl groups is 3. The molecule has 12 aromatic rings. The van der Waals surface area contributed by atoms with Crippen LogP contribution in [0.5, 0.6) is 17.2 Å². The molecule has 0 atom stereocenters. The highest BCUT2D eigenvalue weighted by atomic mass is 35.5. The van der Waals surface area contributed by atoms with Gasteiger partial charge in [-0.2, -0.15) is 0 Å². The molecule has 0 aliphatic carbocycles. The second-order valence-corrected chi connectivity index (χ2v) is 22.6. The van der Waals surface area contributed by atoms with Crippen LogP contribution in [0.25, 0.3) is 54.5 Å². The van der Waals surface area contributed by atoms with Crippen molar-refractivity contribution in [3.63, 3.8) is 0 Å². The molecule has 0 spiro atoms. The number of hydrogen-bond acceptors (Lipinski definition) is 18. The van der Waals surface area contributed by atoms with E-state index < -0.39 is 85.9 Å². The van der Waals surface area contributed by atoms with E-state index in [0.717, 1.165) is 11.7 Å². The summed E-state index contributed by atoms with van der Waals surface area (Å²) in [7, 11) is 7.12. The number of ether oxygens (including phenoxy) is 1. The predicted octanol–water partition coefficient (Wildman–Crippen LogP) is 10.7. The molecule has 0 saturated heterocycles. The van der Waals surface area contributed by atoms with Crippen molar-refractivity contribution in [2.75, 3.05) is 24.3 Å². The number of aryl methyl sites for hydroxylation is 4. The summed E-state index contributed by atoms with van der Waals surface area (Å²) >= 11 is 35.2. The minimum absolute atomic E-state index is 0.0332. The number of aromatic carboxylic acids is 2. The number of nitrogens with two attached hydrogens (primary N) is 1. The van der Waals surface area contributed by atoms with Crippen molar-refractivity contribution in [2.24, 2.45) is 28.2 Å². The van der Waals surface area contributed by atoms with E-state index in [4.69, 9.17) is 85.6 Å². The largest absolute Gasteiger partial charge is 0.506 e. The maximum atomic E-state index is 13.0. The first-order valence-corrected chi connectivity index (χ1v) is 30.2. The number of aromatic nitrogens is 5. The Labute approximate surface area is 579 Å². The number of methoxy groups -OCH3 is 1. The third kappa shape index (κ3) is 15.4. The number of halogens is 6. The van der Waals surface area contributed by atoms with Crippen LogP contribution in [-0.4, -0.2) is 86.3 Å². The van der Waals surface area contributed by atoms with Crippen molar-refractivity contribution in [3.05, 3.63) is 265 Å². The van der Waals surface area contributed by atoms with Gasteiger partial charge in [-0.25, -0.2) is 33.6 Å². The molecule has 0 unspecified atom stereocenters. The highest BCUT2D eigenvalue weighted by molar-refractivity contribution is 6.38. The average Bonchev–Trinajstić information content (AvgIpc) is 0.789. The number of aromatic amines is 1. The summed E-state index contributed by atoms with van der Waals surface area (Å²) in [6.07, 6.45) is 0. The SMILES string of the molecule is CCN(C(=O)c1c(O)c2c(Cl)cccc2n(C)c1=O)c1ccccc1.COC(=O)c1c(O)c2c(Cl)cccc2n(C)c1=O.Cn1c(=O)c(C(=O)O)c(O)c2c(Cl)cccc21.Cn1c(=O)oc(=O)c2c(Cl)cccc21.Nc1cccc(Cl)c1C(=O)O.O=c1[nH]c2cccc(Cl)c2c(=O)o1. The number of nitrogens with zero attached hydrogens (tertiary/aromatic N) is 5. The Morgan fingerprint density at radius 3 is 1.29 bits per heavy atom. The summed E-state index contributed by atoms with van der Waals surface area (Å²) in [4.78, 5) is 131. The zero-order chi connectivity index (χ0) is 72.5. The number of nitrogen functional groups attached to an aromatic ring is 1. The van der Waals surface area contributed by atoms with E-state index in [1.807, 2.05) is 6.07 Å². The summed E-state index contributed by atoms with van der Waals surface area (Å²) in [6, 6.07) is 37.8. The highest BCUT2D eigenvalue weighted by Gasteiger charge is 2.28. The number of H-pyrrole nitrogens is 1. The van der Waals surface area contributed by atoms with E-state index in [9.17, 15) is 68.1 Å². The van der Waals surface area contributed by atoms with E-state index in [-0.39, 0.29) is 74.2 Å². The zero-order valence-electron chi connectivity index (χ0n) is 51.5. The number of hydrogen-bond donors (Lipinski definition) is 7. The van der Waals surface area contributed by atoms with Crippen LogP contribution in [0.1, 0.15) is 48.4 Å². The second-order valence-electron chi connectivity index (χ2n) is 20.2. The number of benzene rings is 7. The lowest BCUT2D eigenvalue weighted by atomic mass is 10.1. The van der Waals surface area contributed by atoms with Crippen molar-refractivity contribution in [1.29, 1.82) is 0 Å². The number of carbonyl (C=O) groups is 4. The van der Waals surface area contributed by atoms with Gasteiger partial charge in [-0.15, -0.1) is 0 Å². The molecule has 0 aliphatic heterocycles. The van der Waals surface area contributed by atoms with Crippen molar-refractivity contribution in [2.45, 2.75) is 6.92 Å². The van der Waals surface area contributed by atoms with Crippen LogP contribution in [-0.2, 0) is 32.9 Å². The van der Waals surface area contributed by atoms with Crippen LogP contribution in [0.3, 0.4) is 0 Å². The summed E-state index contributed by atoms with van der Waals surface area (Å²) < 4.78 is 18.2. The van der Waals surface area contributed by atoms with Crippen molar-refractivity contribution < 1.29 is 58.3 Å². The Morgan fingerprint density at radius 1 is 0.469 bits per heavy atom. The minimum atomic E-state index is -1.48. The van der Waals surface area contributed by atoms with Gasteiger partial charge < -0.3 is 63.4 Å². The summed E-state index contributed by atoms with van der Waals surface area (Å²) in [6.45, 7) is 2.16. The van der Waals surface area contributed by atoms with Crippen LogP contribution >= 0.6 is 69.6 Å². The van der Waals surface area contributed by atoms with Crippen molar-refractivity contribution >= 4 is 159 Å². The number of nitrogens with one attached hydrogen (secondary N) is 1. The number of carboxylic acids is 2. The van der Waals surface area contributed by atoms with E-state index in [0.29, 0.717) is 45.2 Å². The number of esters is 1. The second kappa shape index (κ2) is 31.6. The minimum Gasteiger partial charge on any atom is -0.506 e. The lowest BCUT2D eigenvalue weighted by molar-refractivity contribution is 0.0593. The van der Waals surface area contributed by atoms with Gasteiger partial charge in [0, 0.05) is 46.1 Å². The van der Waals surface area contributed by atoms with E-state index in [1.54, 1.807) is 129 Å². The molecule has 0 radical (unpaired) electrons. The maximum Gasteiger partial charge on any atom is 0.422 e. The van der Waals surface area contributed by atoms with Gasteiger partial charge in [-0.05, 0) is 91.9 Å². The van der Waals surface area contributed by atoms with Gasteiger partial charge in [-0.1, -0.05) is 124 Å². The molecule has 8 N–H and O–H groups in total. The third-order valence-corrected chi connectivity index (χ3v) is 16.3. The molecule has 98 heavy (non-hydrogen) atoms. The Bertz CT molecular complexity index is 5610. The molecule has 0 aliphatic rings. The van der Waals surface area contributed by atoms with Gasteiger partial charge in [0.15, 0.2) is 11.1 Å². The standard InChI is InChI=1S/C19H17ClN2O3.C12H10ClNO4.C11H8ClNO4.C9H6ClNO3.C8H4ClNO3.C7H6ClNO2/c1-3-22(12-8-5-4-6-9-12)19(25)16-17(23)15-13(20)10-7-11-14(15)21(2)18(16)24;1-14-7-5-3-4-6(13)8(7)10(15)9(11(14)16)12(17)18-2;1-13-6-4-2-3-5(12)7(6)9(14)8(10(13)15)11(16)17;1-11-6-4-2-3-5(10)7(6)8(12)14-9(11)13;9-4-2-1-3-5-6(4)7(11)13-8(12)10-5;8-4-2-1-3-5(9)6(4)7(10)11/h4-11,23H,3H2,1-2H3;3-5,15H,1-2H3;2-4,14H,1H3,(H,16,17);2-4H,1H3;1-3H,(H,10,12);1-3H,9H2,(H,10,11). The fourth-order valence-corrected chi connectivity index (χ4v) is 11.2. The molecule has 0 bridgehead atoms. The maximum absolute atomic E-state index is 13.0. The number of para-hydroxylation sites is 1. The molecule has 0 fully saturated rings. The van der Waals surface area contributed by atoms with E-state index >= 15 is 0 Å². The summed E-state index contributed by atoms with van der Waals surface area (Å²) in [5, 5.41) is 50.6. The number of fused-ring (bicyclic) bond motifs is 5. The molecule has 5 heterocycles. The Hall–Kier alpha value is -11.1. The predicted molar refractivity (Wildman–Crippen MR) is 373 cm³/mol. The van der Waals surface area contributed by atoms with Crippen LogP contribution in [0.2, 0.25) is 30.1 Å². The van der Waals surface area contributed by atoms with Crippen LogP contribution in [0, 0.1) is 0 Å². The number of anilines is 2. The van der Waals surface area contributed by atoms with Gasteiger partial charge in [0.1, 0.15) is 39.1 Å².